The molecule has 1 aromatic carbocycles. The number of hydrogen-bond acceptors (Lipinski definition) is 3. The van der Waals surface area contributed by atoms with E-state index in [0.717, 1.165) is 29.6 Å². The Hall–Kier alpha value is -1.51. The molecule has 3 heteroatoms. The molecule has 112 valence electrons. The van der Waals surface area contributed by atoms with Gasteiger partial charge in [0.05, 0.1) is 7.11 Å². The van der Waals surface area contributed by atoms with E-state index in [-0.39, 0.29) is 0 Å². The zero-order chi connectivity index (χ0) is 14.4. The molecule has 0 radical (unpaired) electrons. The van der Waals surface area contributed by atoms with Crippen LogP contribution >= 0.6 is 0 Å². The molecule has 0 spiro atoms. The number of aldehydes is 1. The third-order valence-electron chi connectivity index (χ3n) is 5.73. The van der Waals surface area contributed by atoms with Gasteiger partial charge in [-0.25, -0.2) is 0 Å². The van der Waals surface area contributed by atoms with E-state index in [1.165, 1.54) is 32.1 Å². The number of methoxy groups -OCH3 is 1. The lowest BCUT2D eigenvalue weighted by Crippen LogP contribution is -2.50. The van der Waals surface area contributed by atoms with Crippen molar-refractivity contribution in [3.05, 3.63) is 23.8 Å². The van der Waals surface area contributed by atoms with Gasteiger partial charge in [0.25, 0.3) is 0 Å². The summed E-state index contributed by atoms with van der Waals surface area (Å²) >= 11 is 0. The van der Waals surface area contributed by atoms with Crippen LogP contribution in [-0.4, -0.2) is 19.5 Å². The second-order valence-corrected chi connectivity index (χ2v) is 7.04. The summed E-state index contributed by atoms with van der Waals surface area (Å²) in [5, 5.41) is 0. The molecule has 4 aliphatic carbocycles. The predicted molar refractivity (Wildman–Crippen MR) is 79.8 cm³/mol. The van der Waals surface area contributed by atoms with E-state index in [1.807, 2.05) is 12.1 Å². The van der Waals surface area contributed by atoms with E-state index < -0.39 is 0 Å². The Balaban J connectivity index is 1.59. The fraction of sp³-hybridized carbons (Fsp3) is 0.611. The molecule has 21 heavy (non-hydrogen) atoms. The molecule has 0 N–H and O–H groups in total. The van der Waals surface area contributed by atoms with Crippen LogP contribution in [0.2, 0.25) is 0 Å². The van der Waals surface area contributed by atoms with Crippen LogP contribution in [0.15, 0.2) is 18.2 Å². The minimum atomic E-state index is 0.314. The first-order chi connectivity index (χ1) is 10.3. The lowest BCUT2D eigenvalue weighted by molar-refractivity contribution is -0.0795. The largest absolute Gasteiger partial charge is 0.493 e. The van der Waals surface area contributed by atoms with Crippen molar-refractivity contribution in [3.63, 3.8) is 0 Å². The highest BCUT2D eigenvalue weighted by Gasteiger charge is 2.49. The SMILES string of the molecule is COc1ccc(C=O)cc1OC1C2CC3CC(C2)CC1C3. The lowest BCUT2D eigenvalue weighted by Gasteiger charge is -2.53. The Kier molecular flexibility index (Phi) is 3.16. The molecule has 0 unspecified atom stereocenters. The summed E-state index contributed by atoms with van der Waals surface area (Å²) < 4.78 is 11.8. The van der Waals surface area contributed by atoms with E-state index in [9.17, 15) is 4.79 Å². The Morgan fingerprint density at radius 2 is 1.67 bits per heavy atom. The van der Waals surface area contributed by atoms with Gasteiger partial charge in [-0.05, 0) is 74.0 Å². The first-order valence-corrected chi connectivity index (χ1v) is 8.06. The van der Waals surface area contributed by atoms with Crippen LogP contribution in [0, 0.1) is 23.7 Å². The molecule has 0 aliphatic heterocycles. The van der Waals surface area contributed by atoms with Crippen molar-refractivity contribution in [2.75, 3.05) is 7.11 Å². The third-order valence-corrected chi connectivity index (χ3v) is 5.73. The molecule has 4 bridgehead atoms. The molecule has 0 atom stereocenters. The van der Waals surface area contributed by atoms with Crippen molar-refractivity contribution < 1.29 is 14.3 Å². The Morgan fingerprint density at radius 3 is 2.24 bits per heavy atom. The van der Waals surface area contributed by atoms with Crippen molar-refractivity contribution in [2.24, 2.45) is 23.7 Å². The Labute approximate surface area is 125 Å². The fourth-order valence-electron chi connectivity index (χ4n) is 5.07. The summed E-state index contributed by atoms with van der Waals surface area (Å²) in [6.45, 7) is 0. The minimum Gasteiger partial charge on any atom is -0.493 e. The molecule has 0 aromatic heterocycles. The van der Waals surface area contributed by atoms with Gasteiger partial charge in [0.1, 0.15) is 12.4 Å². The van der Waals surface area contributed by atoms with Crippen LogP contribution in [0.4, 0.5) is 0 Å². The maximum Gasteiger partial charge on any atom is 0.162 e. The lowest BCUT2D eigenvalue weighted by atomic mass is 9.55. The topological polar surface area (TPSA) is 35.5 Å². The maximum atomic E-state index is 11.0. The molecule has 0 amide bonds. The molecular weight excluding hydrogens is 264 g/mol. The van der Waals surface area contributed by atoms with Gasteiger partial charge in [-0.2, -0.15) is 0 Å². The maximum absolute atomic E-state index is 11.0. The van der Waals surface area contributed by atoms with E-state index in [2.05, 4.69) is 0 Å². The van der Waals surface area contributed by atoms with Crippen molar-refractivity contribution in [3.8, 4) is 11.5 Å². The van der Waals surface area contributed by atoms with Crippen LogP contribution in [0.25, 0.3) is 0 Å². The van der Waals surface area contributed by atoms with Crippen LogP contribution in [0.3, 0.4) is 0 Å². The number of carbonyl (C=O) groups is 1. The van der Waals surface area contributed by atoms with Crippen LogP contribution in [0.5, 0.6) is 11.5 Å². The highest BCUT2D eigenvalue weighted by atomic mass is 16.5. The third kappa shape index (κ3) is 2.23. The minimum absolute atomic E-state index is 0.314. The van der Waals surface area contributed by atoms with Gasteiger partial charge in [0.15, 0.2) is 11.5 Å². The number of hydrogen-bond donors (Lipinski definition) is 0. The highest BCUT2D eigenvalue weighted by molar-refractivity contribution is 5.76. The summed E-state index contributed by atoms with van der Waals surface area (Å²) in [6.07, 6.45) is 7.93. The zero-order valence-corrected chi connectivity index (χ0v) is 12.5. The number of ether oxygens (including phenoxy) is 2. The van der Waals surface area contributed by atoms with Crippen molar-refractivity contribution in [2.45, 2.75) is 38.2 Å². The second-order valence-electron chi connectivity index (χ2n) is 7.04. The van der Waals surface area contributed by atoms with Gasteiger partial charge in [-0.1, -0.05) is 0 Å². The fourth-order valence-corrected chi connectivity index (χ4v) is 5.07. The molecular formula is C18H22O3. The summed E-state index contributed by atoms with van der Waals surface area (Å²) in [4.78, 5) is 11.0. The van der Waals surface area contributed by atoms with Crippen molar-refractivity contribution >= 4 is 6.29 Å². The summed E-state index contributed by atoms with van der Waals surface area (Å²) in [5.41, 5.74) is 0.648. The molecule has 0 saturated heterocycles. The van der Waals surface area contributed by atoms with Gasteiger partial charge in [0.2, 0.25) is 0 Å². The van der Waals surface area contributed by atoms with E-state index in [1.54, 1.807) is 13.2 Å². The van der Waals surface area contributed by atoms with Gasteiger partial charge in [-0.3, -0.25) is 4.79 Å². The summed E-state index contributed by atoms with van der Waals surface area (Å²) in [5.74, 6) is 4.75. The van der Waals surface area contributed by atoms with Gasteiger partial charge >= 0.3 is 0 Å². The normalized spacial score (nSPS) is 36.5. The Morgan fingerprint density at radius 1 is 1.00 bits per heavy atom. The average molecular weight is 286 g/mol. The average Bonchev–Trinajstić information content (AvgIpc) is 2.50. The number of benzene rings is 1. The van der Waals surface area contributed by atoms with Crippen LogP contribution in [0.1, 0.15) is 42.5 Å². The number of carbonyl (C=O) groups excluding carboxylic acids is 1. The Bertz CT molecular complexity index is 523. The standard InChI is InChI=1S/C18H22O3/c1-20-16-3-2-11(10-19)9-17(16)21-18-14-5-12-4-13(7-14)8-15(18)6-12/h2-3,9-10,12-15,18H,4-8H2,1H3. The molecule has 4 saturated carbocycles. The first-order valence-electron chi connectivity index (χ1n) is 8.06. The van der Waals surface area contributed by atoms with Gasteiger partial charge < -0.3 is 9.47 Å². The van der Waals surface area contributed by atoms with Gasteiger partial charge in [0, 0.05) is 5.56 Å². The molecule has 0 heterocycles. The highest BCUT2D eigenvalue weighted by Crippen LogP contribution is 2.55. The molecule has 5 rings (SSSR count). The van der Waals surface area contributed by atoms with Gasteiger partial charge in [-0.15, -0.1) is 0 Å². The van der Waals surface area contributed by atoms with Crippen molar-refractivity contribution in [1.29, 1.82) is 0 Å². The molecule has 4 aliphatic rings. The summed E-state index contributed by atoms with van der Waals surface area (Å²) in [6, 6.07) is 5.42. The van der Waals surface area contributed by atoms with Crippen molar-refractivity contribution in [1.82, 2.24) is 0 Å². The monoisotopic (exact) mass is 286 g/mol. The quantitative estimate of drug-likeness (QED) is 0.791. The summed E-state index contributed by atoms with van der Waals surface area (Å²) in [7, 11) is 1.65. The first kappa shape index (κ1) is 13.2. The zero-order valence-electron chi connectivity index (χ0n) is 12.5. The smallest absolute Gasteiger partial charge is 0.162 e. The molecule has 3 nitrogen and oxygen atoms in total. The van der Waals surface area contributed by atoms with Crippen LogP contribution < -0.4 is 9.47 Å². The number of rotatable bonds is 4. The van der Waals surface area contributed by atoms with E-state index in [4.69, 9.17) is 9.47 Å². The van der Waals surface area contributed by atoms with Crippen LogP contribution in [-0.2, 0) is 0 Å². The van der Waals surface area contributed by atoms with E-state index in [0.29, 0.717) is 23.5 Å². The predicted octanol–water partition coefficient (Wildman–Crippen LogP) is 3.71. The molecule has 1 aromatic rings. The van der Waals surface area contributed by atoms with E-state index >= 15 is 0 Å². The second kappa shape index (κ2) is 5.04. The molecule has 4 fully saturated rings.